The van der Waals surface area contributed by atoms with Gasteiger partial charge in [0, 0.05) is 45.0 Å². The summed E-state index contributed by atoms with van der Waals surface area (Å²) in [4.78, 5) is 29.4. The summed E-state index contributed by atoms with van der Waals surface area (Å²) in [5.41, 5.74) is 12.9. The Morgan fingerprint density at radius 1 is 0.259 bits per heavy atom. The molecule has 0 aliphatic rings. The average Bonchev–Trinajstić information content (AvgIpc) is 3.32. The molecule has 3 aromatic heterocycles. The van der Waals surface area contributed by atoms with Crippen molar-refractivity contribution >= 4 is 10.9 Å². The van der Waals surface area contributed by atoms with Crippen LogP contribution >= 0.6 is 0 Å². The first kappa shape index (κ1) is 34.5. The van der Waals surface area contributed by atoms with Gasteiger partial charge in [0.2, 0.25) is 0 Å². The molecule has 0 saturated heterocycles. The maximum atomic E-state index is 5.03. The average molecular weight is 743 g/mol. The van der Waals surface area contributed by atoms with E-state index in [4.69, 9.17) is 29.9 Å². The Kier molecular flexibility index (Phi) is 9.10. The second-order valence-corrected chi connectivity index (χ2v) is 14.0. The van der Waals surface area contributed by atoms with Crippen molar-refractivity contribution in [1.82, 2.24) is 29.9 Å². The number of pyridine rings is 1. The summed E-state index contributed by atoms with van der Waals surface area (Å²) in [6, 6.07) is 68.1. The van der Waals surface area contributed by atoms with Crippen molar-refractivity contribution in [3.63, 3.8) is 0 Å². The topological polar surface area (TPSA) is 77.3 Å². The van der Waals surface area contributed by atoms with Gasteiger partial charge in [-0.15, -0.1) is 0 Å². The molecule has 6 nitrogen and oxygen atoms in total. The molecular weight excluding hydrogens is 709 g/mol. The van der Waals surface area contributed by atoms with Gasteiger partial charge in [-0.1, -0.05) is 176 Å². The van der Waals surface area contributed by atoms with Crippen LogP contribution in [0.1, 0.15) is 0 Å². The minimum atomic E-state index is 0.627. The van der Waals surface area contributed by atoms with Crippen molar-refractivity contribution in [2.24, 2.45) is 0 Å². The third-order valence-electron chi connectivity index (χ3n) is 10.2. The standard InChI is InChI=1S/C52H34N6/c1-5-13-37(14-6-1)47-34-48(55-49(54-47)39-15-7-2-8-16-39)38-25-23-36(24-26-38)44-31-32-53-46-30-29-43(33-45(44)46)35-21-27-42(28-22-35)52-57-50(40-17-9-3-10-18-40)56-51(58-52)41-19-11-4-12-20-41/h1-34H. The highest BCUT2D eigenvalue weighted by Gasteiger charge is 2.15. The van der Waals surface area contributed by atoms with Crippen molar-refractivity contribution in [1.29, 1.82) is 0 Å². The Balaban J connectivity index is 0.976. The van der Waals surface area contributed by atoms with Crippen molar-refractivity contribution in [3.8, 4) is 90.3 Å². The quantitative estimate of drug-likeness (QED) is 0.154. The number of hydrogen-bond acceptors (Lipinski definition) is 6. The van der Waals surface area contributed by atoms with Gasteiger partial charge in [0.25, 0.3) is 0 Å². The zero-order valence-electron chi connectivity index (χ0n) is 31.3. The second-order valence-electron chi connectivity index (χ2n) is 14.0. The molecule has 0 amide bonds. The van der Waals surface area contributed by atoms with Crippen LogP contribution in [0.5, 0.6) is 0 Å². The smallest absolute Gasteiger partial charge is 0.164 e. The molecule has 10 aromatic rings. The summed E-state index contributed by atoms with van der Waals surface area (Å²) in [6.45, 7) is 0. The van der Waals surface area contributed by atoms with Crippen LogP contribution in [0.3, 0.4) is 0 Å². The lowest BCUT2D eigenvalue weighted by molar-refractivity contribution is 1.07. The highest BCUT2D eigenvalue weighted by atomic mass is 15.0. The number of benzene rings is 7. The van der Waals surface area contributed by atoms with Crippen LogP contribution < -0.4 is 0 Å². The van der Waals surface area contributed by atoms with E-state index in [1.165, 1.54) is 0 Å². The molecule has 10 rings (SSSR count). The SMILES string of the molecule is c1ccc(-c2cc(-c3ccc(-c4ccnc5ccc(-c6ccc(-c7nc(-c8ccccc8)nc(-c8ccccc8)n7)cc6)cc45)cc3)nc(-c3ccccc3)n2)cc1. The third-order valence-corrected chi connectivity index (χ3v) is 10.2. The molecular formula is C52H34N6. The van der Waals surface area contributed by atoms with Gasteiger partial charge in [-0.3, -0.25) is 4.98 Å². The van der Waals surface area contributed by atoms with E-state index in [2.05, 4.69) is 91.0 Å². The van der Waals surface area contributed by atoms with Gasteiger partial charge in [0.1, 0.15) is 0 Å². The molecule has 0 fully saturated rings. The molecule has 0 saturated carbocycles. The summed E-state index contributed by atoms with van der Waals surface area (Å²) in [5.74, 6) is 2.61. The van der Waals surface area contributed by atoms with Gasteiger partial charge in [-0.2, -0.15) is 0 Å². The number of rotatable bonds is 8. The molecule has 0 N–H and O–H groups in total. The predicted octanol–water partition coefficient (Wildman–Crippen LogP) is 12.5. The summed E-state index contributed by atoms with van der Waals surface area (Å²) < 4.78 is 0. The number of aromatic nitrogens is 6. The molecule has 3 heterocycles. The maximum absolute atomic E-state index is 5.03. The normalized spacial score (nSPS) is 11.1. The second kappa shape index (κ2) is 15.3. The van der Waals surface area contributed by atoms with Crippen molar-refractivity contribution in [3.05, 3.63) is 206 Å². The Hall–Kier alpha value is -7.96. The van der Waals surface area contributed by atoms with Crippen LogP contribution in [-0.4, -0.2) is 29.9 Å². The Bertz CT molecular complexity index is 2890. The molecule has 0 unspecified atom stereocenters. The highest BCUT2D eigenvalue weighted by Crippen LogP contribution is 2.34. The maximum Gasteiger partial charge on any atom is 0.164 e. The molecule has 272 valence electrons. The van der Waals surface area contributed by atoms with Crippen molar-refractivity contribution in [2.75, 3.05) is 0 Å². The lowest BCUT2D eigenvalue weighted by Gasteiger charge is -2.12. The number of hydrogen-bond donors (Lipinski definition) is 0. The summed E-state index contributed by atoms with van der Waals surface area (Å²) in [5, 5.41) is 1.08. The van der Waals surface area contributed by atoms with Gasteiger partial charge < -0.3 is 0 Å². The van der Waals surface area contributed by atoms with E-state index in [1.807, 2.05) is 115 Å². The van der Waals surface area contributed by atoms with E-state index in [1.54, 1.807) is 0 Å². The molecule has 0 spiro atoms. The minimum absolute atomic E-state index is 0.627. The van der Waals surface area contributed by atoms with E-state index < -0.39 is 0 Å². The Morgan fingerprint density at radius 2 is 0.638 bits per heavy atom. The number of nitrogens with zero attached hydrogens (tertiary/aromatic N) is 6. The summed E-state index contributed by atoms with van der Waals surface area (Å²) >= 11 is 0. The third kappa shape index (κ3) is 7.02. The van der Waals surface area contributed by atoms with Crippen LogP contribution in [-0.2, 0) is 0 Å². The zero-order valence-corrected chi connectivity index (χ0v) is 31.3. The zero-order chi connectivity index (χ0) is 38.7. The fourth-order valence-electron chi connectivity index (χ4n) is 7.22. The van der Waals surface area contributed by atoms with Gasteiger partial charge in [0.15, 0.2) is 23.3 Å². The van der Waals surface area contributed by atoms with Gasteiger partial charge in [-0.25, -0.2) is 24.9 Å². The largest absolute Gasteiger partial charge is 0.256 e. The fraction of sp³-hybridized carbons (Fsp3) is 0. The first-order chi connectivity index (χ1) is 28.7. The number of fused-ring (bicyclic) bond motifs is 1. The summed E-state index contributed by atoms with van der Waals surface area (Å²) in [6.07, 6.45) is 1.88. The monoisotopic (exact) mass is 742 g/mol. The predicted molar refractivity (Wildman–Crippen MR) is 234 cm³/mol. The lowest BCUT2D eigenvalue weighted by atomic mass is 9.96. The van der Waals surface area contributed by atoms with Crippen LogP contribution in [0.15, 0.2) is 206 Å². The van der Waals surface area contributed by atoms with Crippen molar-refractivity contribution < 1.29 is 0 Å². The summed E-state index contributed by atoms with van der Waals surface area (Å²) in [7, 11) is 0. The minimum Gasteiger partial charge on any atom is -0.256 e. The Morgan fingerprint density at radius 3 is 1.16 bits per heavy atom. The lowest BCUT2D eigenvalue weighted by Crippen LogP contribution is -2.00. The molecule has 0 radical (unpaired) electrons. The van der Waals surface area contributed by atoms with E-state index in [0.29, 0.717) is 23.3 Å². The molecule has 0 atom stereocenters. The fourth-order valence-corrected chi connectivity index (χ4v) is 7.22. The van der Waals surface area contributed by atoms with Crippen LogP contribution in [0.25, 0.3) is 101 Å². The molecule has 0 bridgehead atoms. The Labute approximate surface area is 336 Å². The van der Waals surface area contributed by atoms with Gasteiger partial charge in [-0.05, 0) is 46.5 Å². The molecule has 0 aliphatic carbocycles. The molecule has 0 aliphatic heterocycles. The molecule has 6 heteroatoms. The van der Waals surface area contributed by atoms with Crippen LogP contribution in [0.2, 0.25) is 0 Å². The highest BCUT2D eigenvalue weighted by molar-refractivity contribution is 5.97. The first-order valence-electron chi connectivity index (χ1n) is 19.2. The van der Waals surface area contributed by atoms with Gasteiger partial charge >= 0.3 is 0 Å². The van der Waals surface area contributed by atoms with E-state index in [-0.39, 0.29) is 0 Å². The van der Waals surface area contributed by atoms with Gasteiger partial charge in [0.05, 0.1) is 16.9 Å². The van der Waals surface area contributed by atoms with Crippen molar-refractivity contribution in [2.45, 2.75) is 0 Å². The van der Waals surface area contributed by atoms with E-state index in [0.717, 1.165) is 77.9 Å². The first-order valence-corrected chi connectivity index (χ1v) is 19.2. The van der Waals surface area contributed by atoms with E-state index in [9.17, 15) is 0 Å². The molecule has 7 aromatic carbocycles. The van der Waals surface area contributed by atoms with E-state index >= 15 is 0 Å². The van der Waals surface area contributed by atoms with Crippen LogP contribution in [0.4, 0.5) is 0 Å². The van der Waals surface area contributed by atoms with Crippen LogP contribution in [0, 0.1) is 0 Å². The molecule has 58 heavy (non-hydrogen) atoms.